The predicted molar refractivity (Wildman–Crippen MR) is 74.7 cm³/mol. The van der Waals surface area contributed by atoms with Crippen molar-refractivity contribution in [2.24, 2.45) is 0 Å². The molecule has 0 fully saturated rings. The smallest absolute Gasteiger partial charge is 0.224 e. The Bertz CT molecular complexity index is 578. The van der Waals surface area contributed by atoms with Gasteiger partial charge in [0.1, 0.15) is 11.5 Å². The number of methoxy groups -OCH3 is 1. The largest absolute Gasteiger partial charge is 0.497 e. The zero-order valence-corrected chi connectivity index (χ0v) is 11.7. The molecular formula is C15H18N2O3. The van der Waals surface area contributed by atoms with Gasteiger partial charge in [0.2, 0.25) is 5.91 Å². The van der Waals surface area contributed by atoms with Crippen molar-refractivity contribution in [2.75, 3.05) is 13.7 Å². The highest BCUT2D eigenvalue weighted by atomic mass is 16.5. The monoisotopic (exact) mass is 274 g/mol. The lowest BCUT2D eigenvalue weighted by Crippen LogP contribution is -2.27. The molecule has 0 aliphatic heterocycles. The first-order valence-corrected chi connectivity index (χ1v) is 6.49. The molecule has 0 radical (unpaired) electrons. The zero-order valence-electron chi connectivity index (χ0n) is 11.7. The topological polar surface area (TPSA) is 64.4 Å². The Morgan fingerprint density at radius 1 is 1.40 bits per heavy atom. The number of aryl methyl sites for hydroxylation is 1. The number of nitrogens with one attached hydrogen (secondary N) is 1. The molecule has 5 nitrogen and oxygen atoms in total. The van der Waals surface area contributed by atoms with E-state index in [0.717, 1.165) is 22.8 Å². The van der Waals surface area contributed by atoms with E-state index in [4.69, 9.17) is 9.26 Å². The van der Waals surface area contributed by atoms with Gasteiger partial charge in [0.25, 0.3) is 0 Å². The first-order chi connectivity index (χ1) is 9.67. The van der Waals surface area contributed by atoms with E-state index in [9.17, 15) is 4.79 Å². The Hall–Kier alpha value is -2.30. The summed E-state index contributed by atoms with van der Waals surface area (Å²) in [6, 6.07) is 9.36. The van der Waals surface area contributed by atoms with Crippen LogP contribution in [0.15, 0.2) is 34.9 Å². The van der Waals surface area contributed by atoms with E-state index < -0.39 is 0 Å². The number of ether oxygens (including phenoxy) is 1. The van der Waals surface area contributed by atoms with Gasteiger partial charge in [0, 0.05) is 19.0 Å². The number of nitrogens with zero attached hydrogens (tertiary/aromatic N) is 1. The molecule has 0 bridgehead atoms. The standard InChI is InChI=1S/C15H18N2O3/c1-11-8-14(20-17-11)6-7-16-15(18)10-12-4-3-5-13(9-12)19-2/h3-5,8-9H,6-7,10H2,1-2H3,(H,16,18). The number of carbonyl (C=O) groups is 1. The van der Waals surface area contributed by atoms with E-state index in [2.05, 4.69) is 10.5 Å². The summed E-state index contributed by atoms with van der Waals surface area (Å²) in [4.78, 5) is 11.8. The fourth-order valence-electron chi connectivity index (χ4n) is 1.89. The van der Waals surface area contributed by atoms with Crippen LogP contribution in [0.2, 0.25) is 0 Å². The van der Waals surface area contributed by atoms with Crippen LogP contribution in [-0.2, 0) is 17.6 Å². The molecule has 0 aliphatic rings. The molecule has 0 atom stereocenters. The molecule has 1 amide bonds. The van der Waals surface area contributed by atoms with Gasteiger partial charge in [-0.1, -0.05) is 17.3 Å². The Morgan fingerprint density at radius 2 is 2.25 bits per heavy atom. The Kier molecular flexibility index (Phi) is 4.76. The lowest BCUT2D eigenvalue weighted by atomic mass is 10.1. The molecule has 1 N–H and O–H groups in total. The van der Waals surface area contributed by atoms with E-state index in [0.29, 0.717) is 19.4 Å². The van der Waals surface area contributed by atoms with Crippen LogP contribution < -0.4 is 10.1 Å². The lowest BCUT2D eigenvalue weighted by molar-refractivity contribution is -0.120. The zero-order chi connectivity index (χ0) is 14.4. The molecule has 2 rings (SSSR count). The van der Waals surface area contributed by atoms with Crippen molar-refractivity contribution in [1.29, 1.82) is 0 Å². The molecule has 0 saturated carbocycles. The minimum Gasteiger partial charge on any atom is -0.497 e. The maximum atomic E-state index is 11.8. The van der Waals surface area contributed by atoms with E-state index in [-0.39, 0.29) is 5.91 Å². The van der Waals surface area contributed by atoms with E-state index >= 15 is 0 Å². The van der Waals surface area contributed by atoms with Gasteiger partial charge in [-0.05, 0) is 24.6 Å². The third-order valence-corrected chi connectivity index (χ3v) is 2.87. The number of carbonyl (C=O) groups excluding carboxylic acids is 1. The maximum Gasteiger partial charge on any atom is 0.224 e. The van der Waals surface area contributed by atoms with Crippen molar-refractivity contribution in [3.05, 3.63) is 47.3 Å². The minimum atomic E-state index is -0.0190. The van der Waals surface area contributed by atoms with Crippen molar-refractivity contribution >= 4 is 5.91 Å². The highest BCUT2D eigenvalue weighted by molar-refractivity contribution is 5.78. The van der Waals surface area contributed by atoms with Crippen LogP contribution in [-0.4, -0.2) is 24.7 Å². The summed E-state index contributed by atoms with van der Waals surface area (Å²) in [7, 11) is 1.61. The third kappa shape index (κ3) is 4.12. The summed E-state index contributed by atoms with van der Waals surface area (Å²) in [6.45, 7) is 2.41. The number of rotatable bonds is 6. The van der Waals surface area contributed by atoms with Crippen molar-refractivity contribution in [1.82, 2.24) is 10.5 Å². The first-order valence-electron chi connectivity index (χ1n) is 6.49. The fourth-order valence-corrected chi connectivity index (χ4v) is 1.89. The molecule has 0 spiro atoms. The van der Waals surface area contributed by atoms with Crippen LogP contribution in [0.3, 0.4) is 0 Å². The van der Waals surface area contributed by atoms with Crippen molar-refractivity contribution < 1.29 is 14.1 Å². The van der Waals surface area contributed by atoms with Gasteiger partial charge in [-0.25, -0.2) is 0 Å². The molecule has 20 heavy (non-hydrogen) atoms. The van der Waals surface area contributed by atoms with Gasteiger partial charge >= 0.3 is 0 Å². The van der Waals surface area contributed by atoms with Gasteiger partial charge in [-0.15, -0.1) is 0 Å². The Labute approximate surface area is 117 Å². The van der Waals surface area contributed by atoms with Crippen LogP contribution in [0.25, 0.3) is 0 Å². The Balaban J connectivity index is 1.77. The highest BCUT2D eigenvalue weighted by Crippen LogP contribution is 2.12. The Morgan fingerprint density at radius 3 is 2.95 bits per heavy atom. The molecule has 2 aromatic rings. The second-order valence-corrected chi connectivity index (χ2v) is 4.56. The summed E-state index contributed by atoms with van der Waals surface area (Å²) in [6.07, 6.45) is 0.983. The van der Waals surface area contributed by atoms with E-state index in [1.54, 1.807) is 7.11 Å². The summed E-state index contributed by atoms with van der Waals surface area (Å²) >= 11 is 0. The first kappa shape index (κ1) is 14.1. The van der Waals surface area contributed by atoms with Crippen LogP contribution in [0.5, 0.6) is 5.75 Å². The van der Waals surface area contributed by atoms with Crippen LogP contribution in [0.1, 0.15) is 17.0 Å². The summed E-state index contributed by atoms with van der Waals surface area (Å²) in [5.41, 5.74) is 1.78. The number of hydrogen-bond acceptors (Lipinski definition) is 4. The predicted octanol–water partition coefficient (Wildman–Crippen LogP) is 1.89. The third-order valence-electron chi connectivity index (χ3n) is 2.87. The van der Waals surface area contributed by atoms with Crippen molar-refractivity contribution in [3.63, 3.8) is 0 Å². The van der Waals surface area contributed by atoms with E-state index in [1.165, 1.54) is 0 Å². The SMILES string of the molecule is COc1cccc(CC(=O)NCCc2cc(C)no2)c1. The molecule has 0 unspecified atom stereocenters. The summed E-state index contributed by atoms with van der Waals surface area (Å²) in [5.74, 6) is 1.52. The van der Waals surface area contributed by atoms with Crippen LogP contribution in [0.4, 0.5) is 0 Å². The second kappa shape index (κ2) is 6.75. The summed E-state index contributed by atoms with van der Waals surface area (Å²) in [5, 5.41) is 6.66. The maximum absolute atomic E-state index is 11.8. The molecule has 1 heterocycles. The number of aromatic nitrogens is 1. The fraction of sp³-hybridized carbons (Fsp3) is 0.333. The van der Waals surface area contributed by atoms with Gasteiger partial charge < -0.3 is 14.6 Å². The lowest BCUT2D eigenvalue weighted by Gasteiger charge is -2.05. The molecule has 5 heteroatoms. The molecule has 0 aliphatic carbocycles. The number of hydrogen-bond donors (Lipinski definition) is 1. The molecular weight excluding hydrogens is 256 g/mol. The molecule has 106 valence electrons. The molecule has 1 aromatic heterocycles. The molecule has 1 aromatic carbocycles. The van der Waals surface area contributed by atoms with Gasteiger partial charge in [0.05, 0.1) is 19.2 Å². The highest BCUT2D eigenvalue weighted by Gasteiger charge is 2.05. The van der Waals surface area contributed by atoms with Gasteiger partial charge in [0.15, 0.2) is 0 Å². The quantitative estimate of drug-likeness (QED) is 0.873. The van der Waals surface area contributed by atoms with E-state index in [1.807, 2.05) is 37.3 Å². The summed E-state index contributed by atoms with van der Waals surface area (Å²) < 4.78 is 10.2. The number of amides is 1. The van der Waals surface area contributed by atoms with Crippen molar-refractivity contribution in [3.8, 4) is 5.75 Å². The van der Waals surface area contributed by atoms with Gasteiger partial charge in [-0.2, -0.15) is 0 Å². The van der Waals surface area contributed by atoms with Gasteiger partial charge in [-0.3, -0.25) is 4.79 Å². The average molecular weight is 274 g/mol. The average Bonchev–Trinajstić information content (AvgIpc) is 2.84. The van der Waals surface area contributed by atoms with Crippen LogP contribution >= 0.6 is 0 Å². The van der Waals surface area contributed by atoms with Crippen LogP contribution in [0, 0.1) is 6.92 Å². The number of benzene rings is 1. The van der Waals surface area contributed by atoms with Crippen molar-refractivity contribution in [2.45, 2.75) is 19.8 Å². The second-order valence-electron chi connectivity index (χ2n) is 4.56. The minimum absolute atomic E-state index is 0.0190. The normalized spacial score (nSPS) is 10.3. The molecule has 0 saturated heterocycles.